The average Bonchev–Trinajstić information content (AvgIpc) is 2.66. The fraction of sp³-hybridized carbons (Fsp3) is 0.182. The third kappa shape index (κ3) is 1.18. The lowest BCUT2D eigenvalue weighted by Gasteiger charge is -2.05. The van der Waals surface area contributed by atoms with Crippen LogP contribution in [0, 0.1) is 11.9 Å². The molecule has 1 aromatic carbocycles. The maximum atomic E-state index is 13.0. The summed E-state index contributed by atoms with van der Waals surface area (Å²) in [5.74, 6) is 0.00821. The quantitative estimate of drug-likeness (QED) is 0.710. The number of hydrogen-bond donors (Lipinski definition) is 1. The van der Waals surface area contributed by atoms with Gasteiger partial charge in [-0.1, -0.05) is 0 Å². The van der Waals surface area contributed by atoms with E-state index in [9.17, 15) is 4.39 Å². The van der Waals surface area contributed by atoms with E-state index in [0.29, 0.717) is 24.5 Å². The number of aromatic nitrogens is 1. The van der Waals surface area contributed by atoms with Gasteiger partial charge < -0.3 is 10.5 Å². The summed E-state index contributed by atoms with van der Waals surface area (Å²) in [4.78, 5) is 4.15. The van der Waals surface area contributed by atoms with Gasteiger partial charge in [-0.2, -0.15) is 0 Å². The number of benzene rings is 1. The Labute approximate surface area is 85.7 Å². The number of ether oxygens (including phenoxy) is 1. The lowest BCUT2D eigenvalue weighted by atomic mass is 10.1. The summed E-state index contributed by atoms with van der Waals surface area (Å²) in [7, 11) is 0. The molecule has 1 aromatic heterocycles. The van der Waals surface area contributed by atoms with Crippen LogP contribution in [0.3, 0.4) is 0 Å². The number of nitrogens with two attached hydrogens (primary N) is 1. The SMILES string of the molecule is Nc1nc2cc(F)[c]cc2c2c1COC2. The largest absolute Gasteiger partial charge is 0.383 e. The van der Waals surface area contributed by atoms with Crippen molar-refractivity contribution < 1.29 is 9.13 Å². The first-order chi connectivity index (χ1) is 7.25. The van der Waals surface area contributed by atoms with Gasteiger partial charge in [0.25, 0.3) is 0 Å². The van der Waals surface area contributed by atoms with E-state index in [4.69, 9.17) is 10.5 Å². The van der Waals surface area contributed by atoms with Gasteiger partial charge in [-0.15, -0.1) is 0 Å². The van der Waals surface area contributed by atoms with Crippen molar-refractivity contribution in [3.63, 3.8) is 0 Å². The van der Waals surface area contributed by atoms with Crippen molar-refractivity contribution in [2.75, 3.05) is 5.73 Å². The Balaban J connectivity index is 2.43. The molecule has 0 spiro atoms. The number of rotatable bonds is 0. The van der Waals surface area contributed by atoms with Crippen molar-refractivity contribution in [3.8, 4) is 0 Å². The minimum absolute atomic E-state index is 0.423. The van der Waals surface area contributed by atoms with Gasteiger partial charge in [0.15, 0.2) is 0 Å². The van der Waals surface area contributed by atoms with E-state index >= 15 is 0 Å². The van der Waals surface area contributed by atoms with E-state index in [1.165, 1.54) is 6.07 Å². The Morgan fingerprint density at radius 2 is 2.20 bits per heavy atom. The van der Waals surface area contributed by atoms with Gasteiger partial charge >= 0.3 is 0 Å². The van der Waals surface area contributed by atoms with Crippen LogP contribution in [-0.2, 0) is 18.0 Å². The molecule has 3 rings (SSSR count). The summed E-state index contributed by atoms with van der Waals surface area (Å²) >= 11 is 0. The summed E-state index contributed by atoms with van der Waals surface area (Å²) in [6.07, 6.45) is 0. The van der Waals surface area contributed by atoms with Crippen LogP contribution in [0.25, 0.3) is 10.9 Å². The molecule has 0 saturated carbocycles. The predicted molar refractivity (Wildman–Crippen MR) is 53.4 cm³/mol. The predicted octanol–water partition coefficient (Wildman–Crippen LogP) is 1.79. The second-order valence-corrected chi connectivity index (χ2v) is 3.53. The molecule has 0 bridgehead atoms. The van der Waals surface area contributed by atoms with Crippen LogP contribution in [0.1, 0.15) is 11.1 Å². The van der Waals surface area contributed by atoms with Gasteiger partial charge in [0.05, 0.1) is 18.7 Å². The van der Waals surface area contributed by atoms with E-state index in [1.54, 1.807) is 6.07 Å². The standard InChI is InChI=1S/C11H8FN2O/c12-6-1-2-7-8-4-15-5-9(8)11(13)14-10(7)3-6/h2-3H,4-5H2,(H2,13,14). The van der Waals surface area contributed by atoms with Gasteiger partial charge in [-0.25, -0.2) is 9.37 Å². The maximum Gasteiger partial charge on any atom is 0.133 e. The summed E-state index contributed by atoms with van der Waals surface area (Å²) in [5, 5.41) is 0.873. The van der Waals surface area contributed by atoms with Gasteiger partial charge in [0, 0.05) is 23.1 Å². The van der Waals surface area contributed by atoms with Crippen LogP contribution < -0.4 is 5.73 Å². The molecule has 1 aliphatic heterocycles. The van der Waals surface area contributed by atoms with Crippen molar-refractivity contribution in [1.82, 2.24) is 4.98 Å². The number of pyridine rings is 1. The Kier molecular flexibility index (Phi) is 1.67. The Morgan fingerprint density at radius 3 is 3.07 bits per heavy atom. The molecule has 0 saturated heterocycles. The molecule has 4 heteroatoms. The monoisotopic (exact) mass is 203 g/mol. The van der Waals surface area contributed by atoms with Crippen LogP contribution in [0.5, 0.6) is 0 Å². The minimum Gasteiger partial charge on any atom is -0.383 e. The van der Waals surface area contributed by atoms with E-state index in [2.05, 4.69) is 11.1 Å². The maximum absolute atomic E-state index is 13.0. The Hall–Kier alpha value is -1.68. The molecule has 0 aliphatic carbocycles. The molecule has 0 unspecified atom stereocenters. The first-order valence-electron chi connectivity index (χ1n) is 4.61. The molecule has 2 heterocycles. The van der Waals surface area contributed by atoms with Gasteiger partial charge in [-0.05, 0) is 11.6 Å². The fourth-order valence-corrected chi connectivity index (χ4v) is 1.88. The van der Waals surface area contributed by atoms with E-state index in [1.807, 2.05) is 0 Å². The number of anilines is 1. The van der Waals surface area contributed by atoms with E-state index in [-0.39, 0.29) is 0 Å². The van der Waals surface area contributed by atoms with Gasteiger partial charge in [0.1, 0.15) is 11.6 Å². The van der Waals surface area contributed by atoms with Crippen molar-refractivity contribution in [2.45, 2.75) is 13.2 Å². The number of fused-ring (bicyclic) bond motifs is 3. The molecule has 2 aromatic rings. The van der Waals surface area contributed by atoms with E-state index < -0.39 is 5.82 Å². The first-order valence-corrected chi connectivity index (χ1v) is 4.61. The normalized spacial score (nSPS) is 14.5. The second-order valence-electron chi connectivity index (χ2n) is 3.53. The van der Waals surface area contributed by atoms with Gasteiger partial charge in [0.2, 0.25) is 0 Å². The number of hydrogen-bond acceptors (Lipinski definition) is 3. The molecule has 3 nitrogen and oxygen atoms in total. The Bertz CT molecular complexity index is 554. The van der Waals surface area contributed by atoms with Crippen molar-refractivity contribution in [2.24, 2.45) is 0 Å². The molecule has 1 radical (unpaired) electrons. The van der Waals surface area contributed by atoms with Crippen molar-refractivity contribution >= 4 is 16.7 Å². The number of halogens is 1. The summed E-state index contributed by atoms with van der Waals surface area (Å²) < 4.78 is 18.3. The molecule has 0 amide bonds. The van der Waals surface area contributed by atoms with Crippen LogP contribution in [0.4, 0.5) is 10.2 Å². The summed E-state index contributed by atoms with van der Waals surface area (Å²) in [5.41, 5.74) is 8.25. The second kappa shape index (κ2) is 2.90. The molecule has 75 valence electrons. The molecule has 2 N–H and O–H groups in total. The highest BCUT2D eigenvalue weighted by Gasteiger charge is 2.18. The van der Waals surface area contributed by atoms with Crippen LogP contribution in [0.15, 0.2) is 12.1 Å². The lowest BCUT2D eigenvalue weighted by Crippen LogP contribution is -1.99. The molecular formula is C11H8FN2O. The first kappa shape index (κ1) is 8.61. The number of nitrogens with zero attached hydrogens (tertiary/aromatic N) is 1. The fourth-order valence-electron chi connectivity index (χ4n) is 1.88. The van der Waals surface area contributed by atoms with Crippen LogP contribution in [-0.4, -0.2) is 4.98 Å². The van der Waals surface area contributed by atoms with E-state index in [0.717, 1.165) is 16.5 Å². The lowest BCUT2D eigenvalue weighted by molar-refractivity contribution is 0.135. The van der Waals surface area contributed by atoms with Crippen molar-refractivity contribution in [3.05, 3.63) is 35.1 Å². The zero-order chi connectivity index (χ0) is 10.4. The number of nitrogen functional groups attached to an aromatic ring is 1. The van der Waals surface area contributed by atoms with Crippen molar-refractivity contribution in [1.29, 1.82) is 0 Å². The zero-order valence-electron chi connectivity index (χ0n) is 7.88. The summed E-state index contributed by atoms with van der Waals surface area (Å²) in [6, 6.07) is 5.46. The van der Waals surface area contributed by atoms with Crippen LogP contribution in [0.2, 0.25) is 0 Å². The molecule has 0 fully saturated rings. The highest BCUT2D eigenvalue weighted by Crippen LogP contribution is 2.30. The third-order valence-corrected chi connectivity index (χ3v) is 2.63. The molecule has 15 heavy (non-hydrogen) atoms. The van der Waals surface area contributed by atoms with Crippen LogP contribution >= 0.6 is 0 Å². The highest BCUT2D eigenvalue weighted by atomic mass is 19.1. The molecule has 1 aliphatic rings. The average molecular weight is 203 g/mol. The zero-order valence-corrected chi connectivity index (χ0v) is 7.88. The third-order valence-electron chi connectivity index (χ3n) is 2.63. The smallest absolute Gasteiger partial charge is 0.133 e. The Morgan fingerprint density at radius 1 is 1.40 bits per heavy atom. The van der Waals surface area contributed by atoms with Gasteiger partial charge in [-0.3, -0.25) is 0 Å². The molecule has 0 atom stereocenters. The molecular weight excluding hydrogens is 195 g/mol. The topological polar surface area (TPSA) is 48.1 Å². The minimum atomic E-state index is -0.423. The highest BCUT2D eigenvalue weighted by molar-refractivity contribution is 5.85. The summed E-state index contributed by atoms with van der Waals surface area (Å²) in [6.45, 7) is 1.000.